The Balaban J connectivity index is 1.50. The molecule has 2 heterocycles. The topological polar surface area (TPSA) is 69.7 Å². The van der Waals surface area contributed by atoms with E-state index in [-0.39, 0.29) is 5.91 Å². The number of rotatable bonds is 4. The molecule has 1 N–H and O–H groups in total. The third-order valence-corrected chi connectivity index (χ3v) is 4.97. The van der Waals surface area contributed by atoms with Crippen molar-refractivity contribution in [3.8, 4) is 17.2 Å². The maximum absolute atomic E-state index is 12.3. The number of hydrogen-bond acceptors (Lipinski definition) is 6. The quantitative estimate of drug-likeness (QED) is 0.690. The monoisotopic (exact) mass is 382 g/mol. The van der Waals surface area contributed by atoms with Gasteiger partial charge in [-0.15, -0.1) is 11.3 Å². The fourth-order valence-corrected chi connectivity index (χ4v) is 3.73. The Kier molecular flexibility index (Phi) is 4.68. The summed E-state index contributed by atoms with van der Waals surface area (Å²) in [6.45, 7) is 2.95. The Morgan fingerprint density at radius 1 is 1.26 bits per heavy atom. The van der Waals surface area contributed by atoms with E-state index in [1.165, 1.54) is 6.08 Å². The molecule has 0 aliphatic carbocycles. The molecule has 0 unspecified atom stereocenters. The van der Waals surface area contributed by atoms with Gasteiger partial charge in [-0.3, -0.25) is 4.79 Å². The summed E-state index contributed by atoms with van der Waals surface area (Å²) < 4.78 is 17.6. The minimum atomic E-state index is -0.218. The standard InChI is InChI=1S/C20H18N2O4S/c1-12-21-15-5-4-14(11-18(15)27-12)22-19(23)6-3-13-9-16(24-2)20-17(10-13)25-7-8-26-20/h3-6,9-11H,7-8H2,1-2H3,(H,22,23)/b6-3+. The molecule has 0 saturated heterocycles. The highest BCUT2D eigenvalue weighted by molar-refractivity contribution is 7.18. The number of ether oxygens (including phenoxy) is 3. The Hall–Kier alpha value is -3.06. The fourth-order valence-electron chi connectivity index (χ4n) is 2.86. The van der Waals surface area contributed by atoms with Crippen molar-refractivity contribution in [2.24, 2.45) is 0 Å². The van der Waals surface area contributed by atoms with Gasteiger partial charge in [0.25, 0.3) is 0 Å². The van der Waals surface area contributed by atoms with Gasteiger partial charge in [0, 0.05) is 11.8 Å². The van der Waals surface area contributed by atoms with E-state index >= 15 is 0 Å². The van der Waals surface area contributed by atoms with Crippen molar-refractivity contribution in [1.29, 1.82) is 0 Å². The van der Waals surface area contributed by atoms with Gasteiger partial charge < -0.3 is 19.5 Å². The van der Waals surface area contributed by atoms with E-state index in [9.17, 15) is 4.79 Å². The van der Waals surface area contributed by atoms with Crippen molar-refractivity contribution in [3.63, 3.8) is 0 Å². The molecule has 138 valence electrons. The Morgan fingerprint density at radius 2 is 2.11 bits per heavy atom. The van der Waals surface area contributed by atoms with Gasteiger partial charge in [-0.2, -0.15) is 0 Å². The Bertz CT molecular complexity index is 1020. The van der Waals surface area contributed by atoms with Gasteiger partial charge in [0.05, 0.1) is 22.3 Å². The van der Waals surface area contributed by atoms with Gasteiger partial charge in [-0.05, 0) is 48.9 Å². The zero-order chi connectivity index (χ0) is 18.8. The second-order valence-electron chi connectivity index (χ2n) is 5.99. The van der Waals surface area contributed by atoms with Crippen LogP contribution in [0.3, 0.4) is 0 Å². The molecule has 3 aromatic rings. The van der Waals surface area contributed by atoms with Crippen LogP contribution < -0.4 is 19.5 Å². The lowest BCUT2D eigenvalue weighted by atomic mass is 10.1. The highest BCUT2D eigenvalue weighted by atomic mass is 32.1. The van der Waals surface area contributed by atoms with Crippen LogP contribution in [0, 0.1) is 6.92 Å². The SMILES string of the molecule is COc1cc(/C=C/C(=O)Nc2ccc3nc(C)sc3c2)cc2c1OCCO2. The third-order valence-electron chi connectivity index (χ3n) is 4.04. The largest absolute Gasteiger partial charge is 0.493 e. The molecule has 4 rings (SSSR count). The lowest BCUT2D eigenvalue weighted by molar-refractivity contribution is -0.111. The maximum atomic E-state index is 12.3. The lowest BCUT2D eigenvalue weighted by Gasteiger charge is -2.20. The second-order valence-corrected chi connectivity index (χ2v) is 7.22. The first-order valence-electron chi connectivity index (χ1n) is 8.46. The Morgan fingerprint density at radius 3 is 2.96 bits per heavy atom. The van der Waals surface area contributed by atoms with E-state index in [0.717, 1.165) is 26.5 Å². The summed E-state index contributed by atoms with van der Waals surface area (Å²) in [5.41, 5.74) is 2.47. The number of carbonyl (C=O) groups excluding carboxylic acids is 1. The predicted octanol–water partition coefficient (Wildman–Crippen LogP) is 4.04. The summed E-state index contributed by atoms with van der Waals surface area (Å²) in [6.07, 6.45) is 3.19. The highest BCUT2D eigenvalue weighted by Gasteiger charge is 2.17. The number of thiazole rings is 1. The number of benzene rings is 2. The average Bonchev–Trinajstić information content (AvgIpc) is 3.05. The van der Waals surface area contributed by atoms with E-state index in [2.05, 4.69) is 10.3 Å². The highest BCUT2D eigenvalue weighted by Crippen LogP contribution is 2.40. The number of carbonyl (C=O) groups is 1. The summed E-state index contributed by atoms with van der Waals surface area (Å²) in [4.78, 5) is 16.7. The molecule has 0 bridgehead atoms. The van der Waals surface area contributed by atoms with E-state index in [1.54, 1.807) is 24.5 Å². The van der Waals surface area contributed by atoms with Crippen molar-refractivity contribution in [2.75, 3.05) is 25.6 Å². The van der Waals surface area contributed by atoms with Crippen molar-refractivity contribution >= 4 is 39.2 Å². The van der Waals surface area contributed by atoms with E-state index in [1.807, 2.05) is 37.3 Å². The summed E-state index contributed by atoms with van der Waals surface area (Å²) in [7, 11) is 1.57. The minimum Gasteiger partial charge on any atom is -0.493 e. The molecular weight excluding hydrogens is 364 g/mol. The molecule has 1 amide bonds. The average molecular weight is 382 g/mol. The lowest BCUT2D eigenvalue weighted by Crippen LogP contribution is -2.16. The van der Waals surface area contributed by atoms with Crippen LogP contribution in [0.15, 0.2) is 36.4 Å². The number of aromatic nitrogens is 1. The van der Waals surface area contributed by atoms with Gasteiger partial charge in [-0.25, -0.2) is 4.98 Å². The molecule has 27 heavy (non-hydrogen) atoms. The third kappa shape index (κ3) is 3.73. The molecule has 6 nitrogen and oxygen atoms in total. The normalized spacial score (nSPS) is 13.1. The molecule has 0 atom stereocenters. The molecule has 1 aliphatic heterocycles. The summed E-state index contributed by atoms with van der Waals surface area (Å²) in [6, 6.07) is 9.32. The molecule has 0 spiro atoms. The number of aryl methyl sites for hydroxylation is 1. The Labute approximate surface area is 160 Å². The number of fused-ring (bicyclic) bond motifs is 2. The molecule has 7 heteroatoms. The van der Waals surface area contributed by atoms with Crippen LogP contribution in [0.4, 0.5) is 5.69 Å². The molecule has 0 saturated carbocycles. The van der Waals surface area contributed by atoms with E-state index in [0.29, 0.717) is 30.5 Å². The zero-order valence-corrected chi connectivity index (χ0v) is 15.8. The van der Waals surface area contributed by atoms with Crippen LogP contribution in [-0.4, -0.2) is 31.2 Å². The predicted molar refractivity (Wildman–Crippen MR) is 106 cm³/mol. The number of methoxy groups -OCH3 is 1. The van der Waals surface area contributed by atoms with Crippen molar-refractivity contribution in [3.05, 3.63) is 47.0 Å². The number of hydrogen-bond donors (Lipinski definition) is 1. The minimum absolute atomic E-state index is 0.218. The first-order chi connectivity index (χ1) is 13.1. The first-order valence-corrected chi connectivity index (χ1v) is 9.28. The number of amides is 1. The van der Waals surface area contributed by atoms with Crippen LogP contribution in [-0.2, 0) is 4.79 Å². The zero-order valence-electron chi connectivity index (χ0n) is 14.9. The van der Waals surface area contributed by atoms with E-state index < -0.39 is 0 Å². The molecule has 2 aromatic carbocycles. The van der Waals surface area contributed by atoms with Gasteiger partial charge in [-0.1, -0.05) is 0 Å². The maximum Gasteiger partial charge on any atom is 0.248 e. The van der Waals surface area contributed by atoms with Gasteiger partial charge >= 0.3 is 0 Å². The smallest absolute Gasteiger partial charge is 0.248 e. The van der Waals surface area contributed by atoms with Crippen molar-refractivity contribution in [1.82, 2.24) is 4.98 Å². The van der Waals surface area contributed by atoms with E-state index in [4.69, 9.17) is 14.2 Å². The van der Waals surface area contributed by atoms with Crippen LogP contribution in [0.5, 0.6) is 17.2 Å². The van der Waals surface area contributed by atoms with Gasteiger partial charge in [0.2, 0.25) is 11.7 Å². The van der Waals surface area contributed by atoms with Crippen LogP contribution in [0.25, 0.3) is 16.3 Å². The number of nitrogens with one attached hydrogen (secondary N) is 1. The van der Waals surface area contributed by atoms with Crippen LogP contribution in [0.1, 0.15) is 10.6 Å². The number of anilines is 1. The van der Waals surface area contributed by atoms with Crippen molar-refractivity contribution in [2.45, 2.75) is 6.92 Å². The second kappa shape index (κ2) is 7.28. The summed E-state index contributed by atoms with van der Waals surface area (Å²) >= 11 is 1.60. The van der Waals surface area contributed by atoms with Crippen LogP contribution >= 0.6 is 11.3 Å². The summed E-state index contributed by atoms with van der Waals surface area (Å²) in [5.74, 6) is 1.58. The van der Waals surface area contributed by atoms with Gasteiger partial charge in [0.15, 0.2) is 11.5 Å². The van der Waals surface area contributed by atoms with Gasteiger partial charge in [0.1, 0.15) is 13.2 Å². The molecule has 0 radical (unpaired) electrons. The molecule has 1 aliphatic rings. The number of nitrogens with zero attached hydrogens (tertiary/aromatic N) is 1. The van der Waals surface area contributed by atoms with Crippen LogP contribution in [0.2, 0.25) is 0 Å². The molecular formula is C20H18N2O4S. The first kappa shape index (κ1) is 17.4. The fraction of sp³-hybridized carbons (Fsp3) is 0.200. The van der Waals surface area contributed by atoms with Crippen molar-refractivity contribution < 1.29 is 19.0 Å². The summed E-state index contributed by atoms with van der Waals surface area (Å²) in [5, 5.41) is 3.87. The molecule has 0 fully saturated rings. The molecule has 1 aromatic heterocycles.